The molecule has 0 bridgehead atoms. The normalized spacial score (nSPS) is 10.6. The first-order chi connectivity index (χ1) is 7.78. The van der Waals surface area contributed by atoms with Gasteiger partial charge in [-0.3, -0.25) is 0 Å². The van der Waals surface area contributed by atoms with Crippen molar-refractivity contribution in [1.82, 2.24) is 10.3 Å². The van der Waals surface area contributed by atoms with Gasteiger partial charge in [0.15, 0.2) is 5.89 Å². The van der Waals surface area contributed by atoms with Gasteiger partial charge in [0.1, 0.15) is 6.26 Å². The van der Waals surface area contributed by atoms with Crippen LogP contribution in [0.5, 0.6) is 0 Å². The minimum atomic E-state index is 0.695. The maximum absolute atomic E-state index is 5.81. The van der Waals surface area contributed by atoms with Gasteiger partial charge in [-0.2, -0.15) is 0 Å². The Hall–Kier alpha value is -1.32. The number of nitrogens with zero attached hydrogens (tertiary/aromatic N) is 1. The highest BCUT2D eigenvalue weighted by molar-refractivity contribution is 6.30. The van der Waals surface area contributed by atoms with E-state index in [2.05, 4.69) is 10.3 Å². The molecular weight excluding hydrogens is 224 g/mol. The molecule has 84 valence electrons. The van der Waals surface area contributed by atoms with Gasteiger partial charge in [-0.05, 0) is 24.7 Å². The Morgan fingerprint density at radius 1 is 1.31 bits per heavy atom. The minimum Gasteiger partial charge on any atom is -0.448 e. The molecule has 0 radical (unpaired) electrons. The molecule has 4 heteroatoms. The fourth-order valence-electron chi connectivity index (χ4n) is 1.47. The number of hydrogen-bond acceptors (Lipinski definition) is 3. The third kappa shape index (κ3) is 2.84. The number of nitrogens with one attached hydrogen (secondary N) is 1. The first-order valence-electron chi connectivity index (χ1n) is 5.10. The van der Waals surface area contributed by atoms with E-state index in [9.17, 15) is 0 Å². The van der Waals surface area contributed by atoms with Gasteiger partial charge in [0.2, 0.25) is 0 Å². The lowest BCUT2D eigenvalue weighted by Gasteiger charge is -1.97. The van der Waals surface area contributed by atoms with Gasteiger partial charge in [0, 0.05) is 18.0 Å². The van der Waals surface area contributed by atoms with Crippen molar-refractivity contribution in [3.05, 3.63) is 52.7 Å². The predicted molar refractivity (Wildman–Crippen MR) is 63.5 cm³/mol. The zero-order valence-corrected chi connectivity index (χ0v) is 9.79. The average Bonchev–Trinajstić information content (AvgIpc) is 2.70. The van der Waals surface area contributed by atoms with Crippen molar-refractivity contribution in [1.29, 1.82) is 0 Å². The second kappa shape index (κ2) is 5.14. The molecule has 0 aliphatic heterocycles. The number of aromatic nitrogens is 1. The van der Waals surface area contributed by atoms with Crippen LogP contribution in [0.25, 0.3) is 0 Å². The highest BCUT2D eigenvalue weighted by Crippen LogP contribution is 2.13. The molecule has 1 heterocycles. The van der Waals surface area contributed by atoms with E-state index in [1.54, 1.807) is 6.26 Å². The first-order valence-corrected chi connectivity index (χ1v) is 5.48. The molecule has 0 atom stereocenters. The molecule has 1 aromatic heterocycles. The standard InChI is InChI=1S/C12H13ClN2O/c1-14-7-11-8-16-12(15-11)6-9-2-4-10(13)5-3-9/h2-5,8,14H,6-7H2,1H3. The Morgan fingerprint density at radius 2 is 2.06 bits per heavy atom. The Morgan fingerprint density at radius 3 is 2.75 bits per heavy atom. The van der Waals surface area contributed by atoms with Crippen LogP contribution in [0.2, 0.25) is 5.02 Å². The van der Waals surface area contributed by atoms with Crippen LogP contribution < -0.4 is 5.32 Å². The van der Waals surface area contributed by atoms with E-state index < -0.39 is 0 Å². The first kappa shape index (κ1) is 11.2. The summed E-state index contributed by atoms with van der Waals surface area (Å²) in [5, 5.41) is 3.77. The van der Waals surface area contributed by atoms with E-state index in [1.807, 2.05) is 31.3 Å². The lowest BCUT2D eigenvalue weighted by molar-refractivity contribution is 0.506. The molecule has 3 nitrogen and oxygen atoms in total. The van der Waals surface area contributed by atoms with Crippen LogP contribution in [-0.2, 0) is 13.0 Å². The predicted octanol–water partition coefficient (Wildman–Crippen LogP) is 2.64. The van der Waals surface area contributed by atoms with Crippen LogP contribution in [0.3, 0.4) is 0 Å². The van der Waals surface area contributed by atoms with Crippen molar-refractivity contribution in [2.75, 3.05) is 7.05 Å². The summed E-state index contributed by atoms with van der Waals surface area (Å²) in [6.45, 7) is 0.726. The van der Waals surface area contributed by atoms with Crippen LogP contribution >= 0.6 is 11.6 Å². The minimum absolute atomic E-state index is 0.695. The van der Waals surface area contributed by atoms with Gasteiger partial charge >= 0.3 is 0 Å². The summed E-state index contributed by atoms with van der Waals surface area (Å²) in [5.41, 5.74) is 2.06. The fraction of sp³-hybridized carbons (Fsp3) is 0.250. The molecule has 0 aliphatic rings. The zero-order valence-electron chi connectivity index (χ0n) is 9.03. The molecular formula is C12H13ClN2O. The molecule has 2 rings (SSSR count). The summed E-state index contributed by atoms with van der Waals surface area (Å²) in [7, 11) is 1.88. The maximum Gasteiger partial charge on any atom is 0.198 e. The van der Waals surface area contributed by atoms with Gasteiger partial charge in [-0.25, -0.2) is 4.98 Å². The van der Waals surface area contributed by atoms with Gasteiger partial charge in [-0.1, -0.05) is 23.7 Å². The molecule has 0 fully saturated rings. The van der Waals surface area contributed by atoms with Crippen molar-refractivity contribution in [3.8, 4) is 0 Å². The molecule has 0 amide bonds. The summed E-state index contributed by atoms with van der Waals surface area (Å²) in [6, 6.07) is 7.69. The van der Waals surface area contributed by atoms with E-state index in [0.29, 0.717) is 6.42 Å². The van der Waals surface area contributed by atoms with Crippen molar-refractivity contribution in [2.45, 2.75) is 13.0 Å². The molecule has 1 N–H and O–H groups in total. The highest BCUT2D eigenvalue weighted by Gasteiger charge is 2.04. The quantitative estimate of drug-likeness (QED) is 0.887. The van der Waals surface area contributed by atoms with Crippen LogP contribution in [0.15, 0.2) is 34.9 Å². The van der Waals surface area contributed by atoms with Gasteiger partial charge in [-0.15, -0.1) is 0 Å². The fourth-order valence-corrected chi connectivity index (χ4v) is 1.60. The van der Waals surface area contributed by atoms with Gasteiger partial charge < -0.3 is 9.73 Å². The topological polar surface area (TPSA) is 38.1 Å². The smallest absolute Gasteiger partial charge is 0.198 e. The number of hydrogen-bond donors (Lipinski definition) is 1. The largest absolute Gasteiger partial charge is 0.448 e. The van der Waals surface area contributed by atoms with E-state index in [0.717, 1.165) is 28.7 Å². The van der Waals surface area contributed by atoms with Crippen LogP contribution in [0.1, 0.15) is 17.1 Å². The van der Waals surface area contributed by atoms with E-state index in [-0.39, 0.29) is 0 Å². The van der Waals surface area contributed by atoms with Crippen molar-refractivity contribution in [3.63, 3.8) is 0 Å². The van der Waals surface area contributed by atoms with Crippen molar-refractivity contribution >= 4 is 11.6 Å². The maximum atomic E-state index is 5.81. The summed E-state index contributed by atoms with van der Waals surface area (Å²) < 4.78 is 5.37. The van der Waals surface area contributed by atoms with E-state index >= 15 is 0 Å². The van der Waals surface area contributed by atoms with Crippen LogP contribution in [-0.4, -0.2) is 12.0 Å². The Labute approximate surface area is 99.5 Å². The third-order valence-electron chi connectivity index (χ3n) is 2.23. The summed E-state index contributed by atoms with van der Waals surface area (Å²) >= 11 is 5.81. The SMILES string of the molecule is CNCc1coc(Cc2ccc(Cl)cc2)n1. The second-order valence-electron chi connectivity index (χ2n) is 3.57. The van der Waals surface area contributed by atoms with Crippen LogP contribution in [0.4, 0.5) is 0 Å². The average molecular weight is 237 g/mol. The summed E-state index contributed by atoms with van der Waals surface area (Å²) in [5.74, 6) is 0.729. The monoisotopic (exact) mass is 236 g/mol. The van der Waals surface area contributed by atoms with E-state index in [4.69, 9.17) is 16.0 Å². The third-order valence-corrected chi connectivity index (χ3v) is 2.48. The molecule has 2 aromatic rings. The number of halogens is 1. The highest BCUT2D eigenvalue weighted by atomic mass is 35.5. The molecule has 0 spiro atoms. The van der Waals surface area contributed by atoms with Gasteiger partial charge in [0.25, 0.3) is 0 Å². The molecule has 0 unspecified atom stereocenters. The lowest BCUT2D eigenvalue weighted by atomic mass is 10.1. The molecule has 0 aliphatic carbocycles. The van der Waals surface area contributed by atoms with Crippen LogP contribution in [0, 0.1) is 0 Å². The number of oxazole rings is 1. The Balaban J connectivity index is 2.05. The molecule has 0 saturated carbocycles. The van der Waals surface area contributed by atoms with E-state index in [1.165, 1.54) is 0 Å². The van der Waals surface area contributed by atoms with Crippen molar-refractivity contribution < 1.29 is 4.42 Å². The molecule has 16 heavy (non-hydrogen) atoms. The molecule has 1 aromatic carbocycles. The summed E-state index contributed by atoms with van der Waals surface area (Å²) in [4.78, 5) is 4.36. The summed E-state index contributed by atoms with van der Waals surface area (Å²) in [6.07, 6.45) is 2.38. The molecule has 0 saturated heterocycles. The van der Waals surface area contributed by atoms with Crippen molar-refractivity contribution in [2.24, 2.45) is 0 Å². The number of benzene rings is 1. The lowest BCUT2D eigenvalue weighted by Crippen LogP contribution is -2.05. The van der Waals surface area contributed by atoms with Gasteiger partial charge in [0.05, 0.1) is 5.69 Å². The second-order valence-corrected chi connectivity index (χ2v) is 4.00. The Kier molecular flexibility index (Phi) is 3.59. The Bertz CT molecular complexity index is 450. The zero-order chi connectivity index (χ0) is 11.4. The number of rotatable bonds is 4.